The van der Waals surface area contributed by atoms with E-state index in [0.29, 0.717) is 34.3 Å². The zero-order chi connectivity index (χ0) is 17.8. The molecule has 0 aliphatic carbocycles. The molecule has 0 atom stereocenters. The summed E-state index contributed by atoms with van der Waals surface area (Å²) in [5, 5.41) is 3.33. The molecule has 6 nitrogen and oxygen atoms in total. The van der Waals surface area contributed by atoms with Gasteiger partial charge in [0.05, 0.1) is 23.1 Å². The summed E-state index contributed by atoms with van der Waals surface area (Å²) >= 11 is 5.26. The monoisotopic (exact) mass is 354 g/mol. The highest BCUT2D eigenvalue weighted by Crippen LogP contribution is 2.11. The molecule has 7 heteroatoms. The first kappa shape index (κ1) is 17.0. The van der Waals surface area contributed by atoms with Gasteiger partial charge in [0.15, 0.2) is 4.77 Å². The fourth-order valence-electron chi connectivity index (χ4n) is 2.60. The molecule has 0 spiro atoms. The van der Waals surface area contributed by atoms with Crippen molar-refractivity contribution in [3.63, 3.8) is 0 Å². The Morgan fingerprint density at radius 3 is 2.88 bits per heavy atom. The maximum atomic E-state index is 12.5. The lowest BCUT2D eigenvalue weighted by Crippen LogP contribution is -2.24. The molecule has 1 aromatic carbocycles. The Morgan fingerprint density at radius 2 is 2.16 bits per heavy atom. The number of carbonyl (C=O) groups is 1. The summed E-state index contributed by atoms with van der Waals surface area (Å²) in [6.07, 6.45) is 2.50. The van der Waals surface area contributed by atoms with Crippen LogP contribution in [0, 0.1) is 4.77 Å². The van der Waals surface area contributed by atoms with Gasteiger partial charge in [-0.2, -0.15) is 0 Å². The Labute approximate surface area is 149 Å². The van der Waals surface area contributed by atoms with Gasteiger partial charge in [0.25, 0.3) is 11.5 Å². The first-order valence-corrected chi connectivity index (χ1v) is 8.46. The minimum absolute atomic E-state index is 0.138. The second-order valence-electron chi connectivity index (χ2n) is 5.65. The van der Waals surface area contributed by atoms with Crippen LogP contribution in [-0.2, 0) is 13.1 Å². The van der Waals surface area contributed by atoms with Crippen molar-refractivity contribution >= 4 is 29.0 Å². The van der Waals surface area contributed by atoms with Crippen LogP contribution in [0.5, 0.6) is 0 Å². The van der Waals surface area contributed by atoms with Gasteiger partial charge >= 0.3 is 0 Å². The zero-order valence-electron chi connectivity index (χ0n) is 13.8. The van der Waals surface area contributed by atoms with Crippen LogP contribution in [0.25, 0.3) is 10.9 Å². The minimum atomic E-state index is -0.232. The largest absolute Gasteiger partial charge is 0.346 e. The number of nitrogens with one attached hydrogen (secondary N) is 2. The summed E-state index contributed by atoms with van der Waals surface area (Å²) in [6, 6.07) is 10.5. The number of hydrogen-bond acceptors (Lipinski definition) is 4. The lowest BCUT2D eigenvalue weighted by atomic mass is 10.1. The Balaban J connectivity index is 1.88. The van der Waals surface area contributed by atoms with Crippen LogP contribution in [0.1, 0.15) is 29.4 Å². The van der Waals surface area contributed by atoms with E-state index in [1.807, 2.05) is 25.1 Å². The number of H-pyrrole nitrogens is 1. The maximum absolute atomic E-state index is 12.5. The Bertz CT molecular complexity index is 1020. The summed E-state index contributed by atoms with van der Waals surface area (Å²) < 4.78 is 1.91. The molecular weight excluding hydrogens is 336 g/mol. The second-order valence-corrected chi connectivity index (χ2v) is 6.04. The number of nitrogens with zero attached hydrogens (tertiary/aromatic N) is 2. The number of carbonyl (C=O) groups excluding carboxylic acids is 1. The van der Waals surface area contributed by atoms with Crippen LogP contribution >= 0.6 is 12.2 Å². The molecule has 3 rings (SSSR count). The number of aromatic nitrogens is 3. The Kier molecular flexibility index (Phi) is 5.04. The number of fused-ring (bicyclic) bond motifs is 1. The van der Waals surface area contributed by atoms with Gasteiger partial charge in [-0.15, -0.1) is 0 Å². The molecule has 0 aliphatic rings. The third-order valence-electron chi connectivity index (χ3n) is 3.85. The average molecular weight is 354 g/mol. The fourth-order valence-corrected chi connectivity index (χ4v) is 2.88. The first-order valence-electron chi connectivity index (χ1n) is 8.05. The molecule has 0 saturated heterocycles. The lowest BCUT2D eigenvalue weighted by Gasteiger charge is -2.09. The molecule has 128 valence electrons. The van der Waals surface area contributed by atoms with E-state index in [9.17, 15) is 9.59 Å². The highest BCUT2D eigenvalue weighted by molar-refractivity contribution is 7.71. The van der Waals surface area contributed by atoms with Gasteiger partial charge in [-0.3, -0.25) is 19.1 Å². The van der Waals surface area contributed by atoms with Crippen molar-refractivity contribution in [2.24, 2.45) is 0 Å². The van der Waals surface area contributed by atoms with E-state index >= 15 is 0 Å². The summed E-state index contributed by atoms with van der Waals surface area (Å²) in [4.78, 5) is 32.0. The van der Waals surface area contributed by atoms with Crippen molar-refractivity contribution in [1.82, 2.24) is 19.9 Å². The van der Waals surface area contributed by atoms with E-state index < -0.39 is 0 Å². The van der Waals surface area contributed by atoms with Gasteiger partial charge in [-0.05, 0) is 49.0 Å². The number of amides is 1. The topological polar surface area (TPSA) is 79.8 Å². The van der Waals surface area contributed by atoms with E-state index in [4.69, 9.17) is 12.2 Å². The van der Waals surface area contributed by atoms with Gasteiger partial charge in [0.2, 0.25) is 0 Å². The molecule has 0 radical (unpaired) electrons. The van der Waals surface area contributed by atoms with Crippen molar-refractivity contribution in [3.05, 3.63) is 69.0 Å². The molecule has 2 aromatic heterocycles. The quantitative estimate of drug-likeness (QED) is 0.691. The molecule has 3 aromatic rings. The summed E-state index contributed by atoms with van der Waals surface area (Å²) in [5.41, 5.74) is 1.66. The molecular formula is C18H18N4O2S. The van der Waals surface area contributed by atoms with Crippen LogP contribution < -0.4 is 10.9 Å². The Morgan fingerprint density at radius 1 is 1.32 bits per heavy atom. The zero-order valence-corrected chi connectivity index (χ0v) is 14.6. The highest BCUT2D eigenvalue weighted by Gasteiger charge is 2.10. The van der Waals surface area contributed by atoms with E-state index in [0.717, 1.165) is 12.1 Å². The molecule has 1 amide bonds. The van der Waals surface area contributed by atoms with Crippen molar-refractivity contribution in [1.29, 1.82) is 0 Å². The number of rotatable bonds is 5. The molecule has 25 heavy (non-hydrogen) atoms. The predicted molar refractivity (Wildman–Crippen MR) is 99.1 cm³/mol. The third kappa shape index (κ3) is 3.66. The van der Waals surface area contributed by atoms with Gasteiger partial charge in [0.1, 0.15) is 0 Å². The molecule has 0 unspecified atom stereocenters. The van der Waals surface area contributed by atoms with Crippen molar-refractivity contribution in [2.75, 3.05) is 0 Å². The maximum Gasteiger partial charge on any atom is 0.262 e. The Hall–Kier alpha value is -2.80. The molecule has 0 bridgehead atoms. The van der Waals surface area contributed by atoms with E-state index in [2.05, 4.69) is 15.3 Å². The number of hydrogen-bond donors (Lipinski definition) is 2. The predicted octanol–water partition coefficient (Wildman–Crippen LogP) is 2.79. The van der Waals surface area contributed by atoms with E-state index in [-0.39, 0.29) is 11.5 Å². The SMILES string of the molecule is CCCn1c(=S)[nH]c2cc(C(=O)NCc3ccccn3)ccc2c1=O. The van der Waals surface area contributed by atoms with Gasteiger partial charge < -0.3 is 10.3 Å². The van der Waals surface area contributed by atoms with E-state index in [1.165, 1.54) is 0 Å². The lowest BCUT2D eigenvalue weighted by molar-refractivity contribution is 0.0950. The number of aromatic amines is 1. The van der Waals surface area contributed by atoms with Crippen molar-refractivity contribution < 1.29 is 4.79 Å². The third-order valence-corrected chi connectivity index (χ3v) is 4.17. The molecule has 0 aliphatic heterocycles. The normalized spacial score (nSPS) is 10.8. The molecule has 2 N–H and O–H groups in total. The van der Waals surface area contributed by atoms with E-state index in [1.54, 1.807) is 29.0 Å². The number of benzene rings is 1. The van der Waals surface area contributed by atoms with Crippen molar-refractivity contribution in [2.45, 2.75) is 26.4 Å². The van der Waals surface area contributed by atoms with Crippen LogP contribution in [0.15, 0.2) is 47.4 Å². The summed E-state index contributed by atoms with van der Waals surface area (Å²) in [6.45, 7) is 2.89. The second kappa shape index (κ2) is 7.40. The highest BCUT2D eigenvalue weighted by atomic mass is 32.1. The van der Waals surface area contributed by atoms with Crippen LogP contribution in [-0.4, -0.2) is 20.4 Å². The average Bonchev–Trinajstić information content (AvgIpc) is 2.63. The smallest absolute Gasteiger partial charge is 0.262 e. The summed E-state index contributed by atoms with van der Waals surface area (Å²) in [7, 11) is 0. The summed E-state index contributed by atoms with van der Waals surface area (Å²) in [5.74, 6) is -0.232. The van der Waals surface area contributed by atoms with Crippen LogP contribution in [0.4, 0.5) is 0 Å². The van der Waals surface area contributed by atoms with Gasteiger partial charge in [0, 0.05) is 18.3 Å². The van der Waals surface area contributed by atoms with Crippen molar-refractivity contribution in [3.8, 4) is 0 Å². The number of pyridine rings is 1. The molecule has 2 heterocycles. The van der Waals surface area contributed by atoms with Gasteiger partial charge in [-0.1, -0.05) is 13.0 Å². The first-order chi connectivity index (χ1) is 12.1. The van der Waals surface area contributed by atoms with Gasteiger partial charge in [-0.25, -0.2) is 0 Å². The van der Waals surface area contributed by atoms with Crippen LogP contribution in [0.2, 0.25) is 0 Å². The minimum Gasteiger partial charge on any atom is -0.346 e. The molecule has 0 saturated carbocycles. The fraction of sp³-hybridized carbons (Fsp3) is 0.222. The molecule has 0 fully saturated rings. The standard InChI is InChI=1S/C18H18N4O2S/c1-2-9-22-17(24)14-7-6-12(10-15(14)21-18(22)25)16(23)20-11-13-5-3-4-8-19-13/h3-8,10H,2,9,11H2,1H3,(H,20,23)(H,21,25). The van der Waals surface area contributed by atoms with Crippen LogP contribution in [0.3, 0.4) is 0 Å².